The highest BCUT2D eigenvalue weighted by Crippen LogP contribution is 2.43. The Balaban J connectivity index is 1.32. The van der Waals surface area contributed by atoms with Crippen molar-refractivity contribution in [2.24, 2.45) is 11.8 Å². The fraction of sp³-hybridized carbons (Fsp3) is 0.667. The molecular formula is C24H33F2N3O2. The van der Waals surface area contributed by atoms with E-state index in [0.717, 1.165) is 25.5 Å². The molecule has 31 heavy (non-hydrogen) atoms. The molecule has 3 aliphatic heterocycles. The van der Waals surface area contributed by atoms with Gasteiger partial charge < -0.3 is 10.2 Å². The molecule has 4 atom stereocenters. The summed E-state index contributed by atoms with van der Waals surface area (Å²) >= 11 is 0. The third kappa shape index (κ3) is 5.08. The van der Waals surface area contributed by atoms with Crippen LogP contribution in [0.25, 0.3) is 0 Å². The quantitative estimate of drug-likeness (QED) is 0.748. The Hall–Kier alpha value is -2.02. The Morgan fingerprint density at radius 3 is 2.52 bits per heavy atom. The number of rotatable bonds is 6. The second-order valence-corrected chi connectivity index (χ2v) is 9.42. The van der Waals surface area contributed by atoms with E-state index in [1.54, 1.807) is 6.92 Å². The number of nitrogens with zero attached hydrogens (tertiary/aromatic N) is 2. The van der Waals surface area contributed by atoms with Gasteiger partial charge >= 0.3 is 0 Å². The second-order valence-electron chi connectivity index (χ2n) is 9.42. The molecule has 3 aliphatic rings. The van der Waals surface area contributed by atoms with E-state index in [1.807, 2.05) is 0 Å². The monoisotopic (exact) mass is 433 g/mol. The lowest BCUT2D eigenvalue weighted by Crippen LogP contribution is -2.65. The molecule has 0 saturated carbocycles. The molecule has 0 radical (unpaired) electrons. The smallest absolute Gasteiger partial charge is 0.220 e. The van der Waals surface area contributed by atoms with Gasteiger partial charge in [-0.3, -0.25) is 14.5 Å². The van der Waals surface area contributed by atoms with Gasteiger partial charge in [-0.15, -0.1) is 0 Å². The minimum atomic E-state index is -0.645. The van der Waals surface area contributed by atoms with Crippen molar-refractivity contribution in [1.82, 2.24) is 15.1 Å². The molecule has 3 saturated heterocycles. The molecule has 0 aliphatic carbocycles. The molecule has 0 spiro atoms. The van der Waals surface area contributed by atoms with Gasteiger partial charge in [0.1, 0.15) is 11.6 Å². The van der Waals surface area contributed by atoms with Crippen molar-refractivity contribution in [3.63, 3.8) is 0 Å². The summed E-state index contributed by atoms with van der Waals surface area (Å²) in [5.41, 5.74) is 0.409. The van der Waals surface area contributed by atoms with Crippen molar-refractivity contribution in [2.75, 3.05) is 19.6 Å². The van der Waals surface area contributed by atoms with Crippen LogP contribution in [-0.2, 0) is 16.1 Å². The van der Waals surface area contributed by atoms with Gasteiger partial charge in [0, 0.05) is 44.6 Å². The van der Waals surface area contributed by atoms with Gasteiger partial charge in [-0.05, 0) is 81.1 Å². The Labute approximate surface area is 183 Å². The van der Waals surface area contributed by atoms with E-state index in [2.05, 4.69) is 15.1 Å². The van der Waals surface area contributed by atoms with Crippen molar-refractivity contribution in [1.29, 1.82) is 0 Å². The van der Waals surface area contributed by atoms with Crippen molar-refractivity contribution >= 4 is 11.8 Å². The fourth-order valence-electron chi connectivity index (χ4n) is 6.20. The normalized spacial score (nSPS) is 28.2. The molecule has 0 aromatic heterocycles. The minimum Gasteiger partial charge on any atom is -0.352 e. The zero-order valence-electron chi connectivity index (χ0n) is 18.3. The largest absolute Gasteiger partial charge is 0.352 e. The number of carbonyl (C=O) groups is 2. The predicted molar refractivity (Wildman–Crippen MR) is 114 cm³/mol. The lowest BCUT2D eigenvalue weighted by atomic mass is 9.69. The number of benzene rings is 1. The number of hydrogen-bond acceptors (Lipinski definition) is 3. The summed E-state index contributed by atoms with van der Waals surface area (Å²) in [5, 5.41) is 2.75. The van der Waals surface area contributed by atoms with Gasteiger partial charge in [0.2, 0.25) is 11.8 Å². The number of likely N-dealkylation sites (tertiary alicyclic amines) is 1. The van der Waals surface area contributed by atoms with Crippen LogP contribution in [-0.4, -0.2) is 53.3 Å². The zero-order chi connectivity index (χ0) is 22.0. The first-order valence-corrected chi connectivity index (χ1v) is 11.7. The first-order valence-electron chi connectivity index (χ1n) is 11.7. The van der Waals surface area contributed by atoms with Crippen LogP contribution in [0.4, 0.5) is 8.78 Å². The summed E-state index contributed by atoms with van der Waals surface area (Å²) in [7, 11) is 0. The third-order valence-corrected chi connectivity index (χ3v) is 7.39. The summed E-state index contributed by atoms with van der Waals surface area (Å²) in [6, 6.07) is 4.06. The summed E-state index contributed by atoms with van der Waals surface area (Å²) in [4.78, 5) is 29.5. The van der Waals surface area contributed by atoms with Crippen LogP contribution in [0.3, 0.4) is 0 Å². The van der Waals surface area contributed by atoms with Crippen molar-refractivity contribution < 1.29 is 18.4 Å². The maximum absolute atomic E-state index is 13.3. The van der Waals surface area contributed by atoms with E-state index in [1.165, 1.54) is 44.5 Å². The summed E-state index contributed by atoms with van der Waals surface area (Å²) in [5.74, 6) is -0.203. The lowest BCUT2D eigenvalue weighted by molar-refractivity contribution is -0.144. The molecule has 1 aromatic carbocycles. The van der Waals surface area contributed by atoms with E-state index in [0.29, 0.717) is 36.3 Å². The molecule has 1 aromatic rings. The second kappa shape index (κ2) is 9.63. The van der Waals surface area contributed by atoms with Gasteiger partial charge in [-0.2, -0.15) is 0 Å². The molecule has 7 heteroatoms. The number of nitrogens with one attached hydrogen (secondary N) is 1. The van der Waals surface area contributed by atoms with E-state index in [4.69, 9.17) is 0 Å². The Morgan fingerprint density at radius 1 is 1.10 bits per heavy atom. The van der Waals surface area contributed by atoms with E-state index in [9.17, 15) is 18.4 Å². The maximum Gasteiger partial charge on any atom is 0.220 e. The predicted octanol–water partition coefficient (Wildman–Crippen LogP) is 3.47. The number of piperidine rings is 3. The van der Waals surface area contributed by atoms with E-state index in [-0.39, 0.29) is 24.4 Å². The molecule has 3 fully saturated rings. The third-order valence-electron chi connectivity index (χ3n) is 7.39. The van der Waals surface area contributed by atoms with Crippen LogP contribution in [0.1, 0.15) is 57.4 Å². The SMILES string of the molecule is CC(=O)N1C[C@@H]2CCCN3CCC[C@@H]([C@H]23)[C@H]1CCCC(=O)NCc1cc(F)cc(F)c1. The average Bonchev–Trinajstić information content (AvgIpc) is 2.73. The highest BCUT2D eigenvalue weighted by Gasteiger charge is 2.48. The number of amides is 2. The van der Waals surface area contributed by atoms with Crippen molar-refractivity contribution in [3.05, 3.63) is 35.4 Å². The van der Waals surface area contributed by atoms with Crippen molar-refractivity contribution in [3.8, 4) is 0 Å². The average molecular weight is 434 g/mol. The minimum absolute atomic E-state index is 0.109. The Kier molecular flexibility index (Phi) is 6.89. The highest BCUT2D eigenvalue weighted by molar-refractivity contribution is 5.76. The summed E-state index contributed by atoms with van der Waals surface area (Å²) < 4.78 is 26.6. The fourth-order valence-corrected chi connectivity index (χ4v) is 6.20. The Morgan fingerprint density at radius 2 is 1.81 bits per heavy atom. The van der Waals surface area contributed by atoms with Gasteiger partial charge in [0.15, 0.2) is 0 Å². The molecule has 0 unspecified atom stereocenters. The molecule has 4 rings (SSSR count). The number of carbonyl (C=O) groups excluding carboxylic acids is 2. The molecule has 3 heterocycles. The van der Waals surface area contributed by atoms with Crippen LogP contribution < -0.4 is 5.32 Å². The van der Waals surface area contributed by atoms with Crippen LogP contribution in [0.2, 0.25) is 0 Å². The molecule has 5 nitrogen and oxygen atoms in total. The van der Waals surface area contributed by atoms with Crippen LogP contribution in [0, 0.1) is 23.5 Å². The molecule has 170 valence electrons. The molecule has 0 bridgehead atoms. The molecular weight excluding hydrogens is 400 g/mol. The molecule has 1 N–H and O–H groups in total. The topological polar surface area (TPSA) is 52.7 Å². The summed E-state index contributed by atoms with van der Waals surface area (Å²) in [6.07, 6.45) is 6.64. The first kappa shape index (κ1) is 22.2. The summed E-state index contributed by atoms with van der Waals surface area (Å²) in [6.45, 7) is 4.97. The zero-order valence-corrected chi connectivity index (χ0v) is 18.3. The standard InChI is InChI=1S/C24H33F2N3O2/c1-16(30)29-15-18-5-3-9-28-10-4-6-21(24(18)28)22(29)7-2-8-23(31)27-14-17-11-19(25)13-20(26)12-17/h11-13,18,21-22,24H,2-10,14-15H2,1H3,(H,27,31)/t18-,21+,22+,24-/m0/s1. The van der Waals surface area contributed by atoms with Gasteiger partial charge in [-0.25, -0.2) is 8.78 Å². The van der Waals surface area contributed by atoms with E-state index < -0.39 is 11.6 Å². The van der Waals surface area contributed by atoms with Gasteiger partial charge in [-0.1, -0.05) is 0 Å². The first-order chi connectivity index (χ1) is 14.9. The van der Waals surface area contributed by atoms with Gasteiger partial charge in [0.25, 0.3) is 0 Å². The lowest BCUT2D eigenvalue weighted by Gasteiger charge is -2.57. The van der Waals surface area contributed by atoms with Crippen molar-refractivity contribution in [2.45, 2.75) is 70.5 Å². The van der Waals surface area contributed by atoms with Gasteiger partial charge in [0.05, 0.1) is 0 Å². The maximum atomic E-state index is 13.3. The molecule has 2 amide bonds. The van der Waals surface area contributed by atoms with Crippen LogP contribution in [0.15, 0.2) is 18.2 Å². The van der Waals surface area contributed by atoms with Crippen LogP contribution >= 0.6 is 0 Å². The highest BCUT2D eigenvalue weighted by atomic mass is 19.1. The van der Waals surface area contributed by atoms with Crippen LogP contribution in [0.5, 0.6) is 0 Å². The number of hydrogen-bond donors (Lipinski definition) is 1. The number of halogens is 2. The Bertz CT molecular complexity index is 796. The van der Waals surface area contributed by atoms with E-state index >= 15 is 0 Å².